The Balaban J connectivity index is 2.18. The molecule has 0 spiro atoms. The molecule has 0 saturated carbocycles. The highest BCUT2D eigenvalue weighted by atomic mass is 19.4. The molecular weight excluding hydrogens is 272 g/mol. The molecule has 0 heterocycles. The van der Waals surface area contributed by atoms with E-state index in [4.69, 9.17) is 0 Å². The van der Waals surface area contributed by atoms with E-state index in [9.17, 15) is 22.4 Å². The fourth-order valence-electron chi connectivity index (χ4n) is 1.82. The molecule has 0 unspecified atom stereocenters. The van der Waals surface area contributed by atoms with Gasteiger partial charge in [0.05, 0.1) is 11.1 Å². The van der Waals surface area contributed by atoms with Crippen LogP contribution in [-0.4, -0.2) is 6.29 Å². The van der Waals surface area contributed by atoms with Gasteiger partial charge in [0.2, 0.25) is 0 Å². The normalized spacial score (nSPS) is 11.4. The number of carbonyl (C=O) groups excluding carboxylic acids is 1. The summed E-state index contributed by atoms with van der Waals surface area (Å²) in [6.45, 7) is 0. The van der Waals surface area contributed by atoms with Crippen molar-refractivity contribution in [3.05, 3.63) is 70.5 Å². The molecule has 1 nitrogen and oxygen atoms in total. The van der Waals surface area contributed by atoms with Crippen molar-refractivity contribution >= 4 is 6.29 Å². The van der Waals surface area contributed by atoms with E-state index in [-0.39, 0.29) is 5.56 Å². The lowest BCUT2D eigenvalue weighted by atomic mass is 10.0. The molecule has 0 amide bonds. The summed E-state index contributed by atoms with van der Waals surface area (Å²) in [6.07, 6.45) is -3.65. The molecular formula is C15H10F4O. The first-order valence-corrected chi connectivity index (χ1v) is 5.80. The SMILES string of the molecule is O=Cc1ccc(Cc2ccc(C(F)(F)F)cc2)cc1F. The summed E-state index contributed by atoms with van der Waals surface area (Å²) in [5.74, 6) is -0.635. The Hall–Kier alpha value is -2.17. The van der Waals surface area contributed by atoms with Crippen molar-refractivity contribution in [1.82, 2.24) is 0 Å². The first kappa shape index (κ1) is 14.2. The van der Waals surface area contributed by atoms with E-state index >= 15 is 0 Å². The quantitative estimate of drug-likeness (QED) is 0.607. The van der Waals surface area contributed by atoms with E-state index in [2.05, 4.69) is 0 Å². The van der Waals surface area contributed by atoms with E-state index in [1.54, 1.807) is 6.07 Å². The van der Waals surface area contributed by atoms with E-state index in [0.29, 0.717) is 23.8 Å². The van der Waals surface area contributed by atoms with Gasteiger partial charge in [-0.2, -0.15) is 13.2 Å². The number of hydrogen-bond acceptors (Lipinski definition) is 1. The van der Waals surface area contributed by atoms with Crippen LogP contribution >= 0.6 is 0 Å². The maximum Gasteiger partial charge on any atom is 0.416 e. The number of alkyl halides is 3. The maximum absolute atomic E-state index is 13.4. The van der Waals surface area contributed by atoms with Crippen LogP contribution in [0.25, 0.3) is 0 Å². The monoisotopic (exact) mass is 282 g/mol. The van der Waals surface area contributed by atoms with Crippen LogP contribution in [0.3, 0.4) is 0 Å². The average Bonchev–Trinajstić information content (AvgIpc) is 2.38. The summed E-state index contributed by atoms with van der Waals surface area (Å²) in [4.78, 5) is 10.5. The lowest BCUT2D eigenvalue weighted by molar-refractivity contribution is -0.137. The van der Waals surface area contributed by atoms with Gasteiger partial charge in [-0.25, -0.2) is 4.39 Å². The van der Waals surface area contributed by atoms with Crippen molar-refractivity contribution in [2.45, 2.75) is 12.6 Å². The third-order valence-corrected chi connectivity index (χ3v) is 2.88. The molecule has 0 atom stereocenters. The molecule has 2 rings (SSSR count). The van der Waals surface area contributed by atoms with Gasteiger partial charge in [-0.05, 0) is 41.8 Å². The third kappa shape index (κ3) is 3.23. The second-order valence-corrected chi connectivity index (χ2v) is 4.35. The highest BCUT2D eigenvalue weighted by molar-refractivity contribution is 5.75. The van der Waals surface area contributed by atoms with Gasteiger partial charge >= 0.3 is 6.18 Å². The van der Waals surface area contributed by atoms with Crippen molar-refractivity contribution in [3.63, 3.8) is 0 Å². The lowest BCUT2D eigenvalue weighted by Gasteiger charge is -2.08. The Labute approximate surface area is 112 Å². The maximum atomic E-state index is 13.4. The van der Waals surface area contributed by atoms with Crippen molar-refractivity contribution in [2.24, 2.45) is 0 Å². The summed E-state index contributed by atoms with van der Waals surface area (Å²) in [6, 6.07) is 8.83. The molecule has 5 heteroatoms. The second kappa shape index (κ2) is 5.45. The molecule has 2 aromatic carbocycles. The summed E-state index contributed by atoms with van der Waals surface area (Å²) in [7, 11) is 0. The Morgan fingerprint density at radius 1 is 0.950 bits per heavy atom. The van der Waals surface area contributed by atoms with Crippen LogP contribution in [0, 0.1) is 5.82 Å². The minimum Gasteiger partial charge on any atom is -0.298 e. The second-order valence-electron chi connectivity index (χ2n) is 4.35. The first-order valence-electron chi connectivity index (χ1n) is 5.80. The Morgan fingerprint density at radius 3 is 2.05 bits per heavy atom. The predicted octanol–water partition coefficient (Wildman–Crippen LogP) is 4.25. The zero-order valence-corrected chi connectivity index (χ0v) is 10.2. The van der Waals surface area contributed by atoms with Gasteiger partial charge in [0.25, 0.3) is 0 Å². The Bertz CT molecular complexity index is 615. The van der Waals surface area contributed by atoms with E-state index in [1.165, 1.54) is 24.3 Å². The largest absolute Gasteiger partial charge is 0.416 e. The van der Waals surface area contributed by atoms with Gasteiger partial charge in [0, 0.05) is 0 Å². The van der Waals surface area contributed by atoms with Crippen LogP contribution in [0.15, 0.2) is 42.5 Å². The lowest BCUT2D eigenvalue weighted by Crippen LogP contribution is -2.04. The molecule has 0 fully saturated rings. The van der Waals surface area contributed by atoms with Crippen LogP contribution in [0.1, 0.15) is 27.0 Å². The Kier molecular flexibility index (Phi) is 3.88. The number of hydrogen-bond donors (Lipinski definition) is 0. The van der Waals surface area contributed by atoms with Gasteiger partial charge in [-0.1, -0.05) is 18.2 Å². The summed E-state index contributed by atoms with van der Waals surface area (Å²) >= 11 is 0. The van der Waals surface area contributed by atoms with Gasteiger partial charge in [0.15, 0.2) is 6.29 Å². The summed E-state index contributed by atoms with van der Waals surface area (Å²) in [5.41, 5.74) is 0.467. The minimum atomic E-state index is -4.36. The summed E-state index contributed by atoms with van der Waals surface area (Å²) in [5, 5.41) is 0. The van der Waals surface area contributed by atoms with Crippen molar-refractivity contribution in [3.8, 4) is 0 Å². The van der Waals surface area contributed by atoms with Crippen molar-refractivity contribution < 1.29 is 22.4 Å². The highest BCUT2D eigenvalue weighted by Gasteiger charge is 2.29. The molecule has 2 aromatic rings. The number of carbonyl (C=O) groups is 1. The van der Waals surface area contributed by atoms with Gasteiger partial charge in [0.1, 0.15) is 5.82 Å². The van der Waals surface area contributed by atoms with Crippen LogP contribution in [0.5, 0.6) is 0 Å². The zero-order chi connectivity index (χ0) is 14.8. The topological polar surface area (TPSA) is 17.1 Å². The van der Waals surface area contributed by atoms with Gasteiger partial charge in [-0.3, -0.25) is 4.79 Å². The minimum absolute atomic E-state index is 0.0406. The fourth-order valence-corrected chi connectivity index (χ4v) is 1.82. The van der Waals surface area contributed by atoms with Crippen molar-refractivity contribution in [1.29, 1.82) is 0 Å². The third-order valence-electron chi connectivity index (χ3n) is 2.88. The average molecular weight is 282 g/mol. The predicted molar refractivity (Wildman–Crippen MR) is 66.0 cm³/mol. The van der Waals surface area contributed by atoms with Gasteiger partial charge in [-0.15, -0.1) is 0 Å². The van der Waals surface area contributed by atoms with Gasteiger partial charge < -0.3 is 0 Å². The van der Waals surface area contributed by atoms with E-state index in [0.717, 1.165) is 12.1 Å². The molecule has 0 bridgehead atoms. The molecule has 0 aromatic heterocycles. The van der Waals surface area contributed by atoms with Crippen molar-refractivity contribution in [2.75, 3.05) is 0 Å². The summed E-state index contributed by atoms with van der Waals surface area (Å²) < 4.78 is 50.6. The standard InChI is InChI=1S/C15H10F4O/c16-14-8-11(1-4-12(14)9-20)7-10-2-5-13(6-3-10)15(17,18)19/h1-6,8-9H,7H2. The van der Waals surface area contributed by atoms with E-state index in [1.807, 2.05) is 0 Å². The molecule has 0 saturated heterocycles. The van der Waals surface area contributed by atoms with E-state index < -0.39 is 17.6 Å². The molecule has 0 aliphatic carbocycles. The number of rotatable bonds is 3. The molecule has 0 radical (unpaired) electrons. The van der Waals surface area contributed by atoms with Crippen LogP contribution in [0.4, 0.5) is 17.6 Å². The smallest absolute Gasteiger partial charge is 0.298 e. The molecule has 0 N–H and O–H groups in total. The number of aldehydes is 1. The van der Waals surface area contributed by atoms with Crippen LogP contribution in [0.2, 0.25) is 0 Å². The zero-order valence-electron chi connectivity index (χ0n) is 10.2. The molecule has 0 aliphatic rings. The highest BCUT2D eigenvalue weighted by Crippen LogP contribution is 2.29. The number of benzene rings is 2. The fraction of sp³-hybridized carbons (Fsp3) is 0.133. The Morgan fingerprint density at radius 2 is 1.55 bits per heavy atom. The molecule has 0 aliphatic heterocycles. The molecule has 20 heavy (non-hydrogen) atoms. The van der Waals surface area contributed by atoms with Crippen LogP contribution in [-0.2, 0) is 12.6 Å². The first-order chi connectivity index (χ1) is 9.40. The van der Waals surface area contributed by atoms with Crippen LogP contribution < -0.4 is 0 Å². The molecule has 104 valence electrons. The number of halogens is 4.